The molecule has 0 amide bonds. The van der Waals surface area contributed by atoms with Crippen molar-refractivity contribution in [2.24, 2.45) is 10.2 Å². The Labute approximate surface area is 131 Å². The fourth-order valence-corrected chi connectivity index (χ4v) is 2.18. The molecule has 23 heavy (non-hydrogen) atoms. The number of aryl methyl sites for hydroxylation is 1. The van der Waals surface area contributed by atoms with Crippen molar-refractivity contribution >= 4 is 23.1 Å². The highest BCUT2D eigenvalue weighted by Gasteiger charge is 2.19. The molecule has 3 aromatic rings. The molecule has 0 fully saturated rings. The Kier molecular flexibility index (Phi) is 3.76. The average molecular weight is 310 g/mol. The summed E-state index contributed by atoms with van der Waals surface area (Å²) in [5.74, 6) is -0.246. The highest BCUT2D eigenvalue weighted by molar-refractivity contribution is 5.92. The number of fused-ring (bicyclic) bond motifs is 1. The number of pyridine rings is 1. The van der Waals surface area contributed by atoms with Crippen LogP contribution in [-0.2, 0) is 0 Å². The quantitative estimate of drug-likeness (QED) is 0.743. The number of azo groups is 1. The van der Waals surface area contributed by atoms with E-state index < -0.39 is 5.97 Å². The first-order chi connectivity index (χ1) is 11.1. The third-order valence-corrected chi connectivity index (χ3v) is 3.36. The largest absolute Gasteiger partial charge is 0.497 e. The Morgan fingerprint density at radius 3 is 2.61 bits per heavy atom. The van der Waals surface area contributed by atoms with Crippen LogP contribution in [-0.4, -0.2) is 27.6 Å². The molecule has 0 aliphatic heterocycles. The molecule has 0 radical (unpaired) electrons. The van der Waals surface area contributed by atoms with Crippen LogP contribution >= 0.6 is 0 Å². The molecule has 3 rings (SSSR count). The fourth-order valence-electron chi connectivity index (χ4n) is 2.18. The van der Waals surface area contributed by atoms with Crippen LogP contribution in [0.2, 0.25) is 0 Å². The number of rotatable bonds is 4. The zero-order chi connectivity index (χ0) is 16.4. The number of methoxy groups -OCH3 is 1. The van der Waals surface area contributed by atoms with Gasteiger partial charge in [0.2, 0.25) is 0 Å². The second-order valence-electron chi connectivity index (χ2n) is 4.87. The lowest BCUT2D eigenvalue weighted by atomic mass is 10.3. The molecule has 1 N–H and O–H groups in total. The maximum absolute atomic E-state index is 11.4. The summed E-state index contributed by atoms with van der Waals surface area (Å²) in [6.45, 7) is 1.86. The SMILES string of the molecule is COc1ccc(N=Nc2c(C(=O)O)nc3c(C)cccn23)cc1. The van der Waals surface area contributed by atoms with E-state index in [-0.39, 0.29) is 11.5 Å². The lowest BCUT2D eigenvalue weighted by Gasteiger charge is -1.99. The van der Waals surface area contributed by atoms with Gasteiger partial charge in [-0.25, -0.2) is 9.78 Å². The molecular formula is C16H14N4O3. The van der Waals surface area contributed by atoms with Crippen molar-refractivity contribution in [1.82, 2.24) is 9.38 Å². The molecule has 7 nitrogen and oxygen atoms in total. The smallest absolute Gasteiger partial charge is 0.358 e. The van der Waals surface area contributed by atoms with E-state index in [1.165, 1.54) is 0 Å². The Hall–Kier alpha value is -3.22. The summed E-state index contributed by atoms with van der Waals surface area (Å²) in [4.78, 5) is 15.5. The van der Waals surface area contributed by atoms with Gasteiger partial charge >= 0.3 is 5.97 Å². The number of imidazole rings is 1. The number of nitrogens with zero attached hydrogens (tertiary/aromatic N) is 4. The highest BCUT2D eigenvalue weighted by Crippen LogP contribution is 2.26. The number of aromatic carboxylic acids is 1. The van der Waals surface area contributed by atoms with E-state index in [1.54, 1.807) is 42.0 Å². The van der Waals surface area contributed by atoms with Gasteiger partial charge < -0.3 is 9.84 Å². The molecule has 0 aliphatic rings. The Morgan fingerprint density at radius 1 is 1.22 bits per heavy atom. The summed E-state index contributed by atoms with van der Waals surface area (Å²) in [7, 11) is 1.58. The minimum atomic E-state index is -1.14. The van der Waals surface area contributed by atoms with E-state index in [1.807, 2.05) is 19.1 Å². The van der Waals surface area contributed by atoms with E-state index in [0.29, 0.717) is 17.1 Å². The molecule has 2 aromatic heterocycles. The van der Waals surface area contributed by atoms with Gasteiger partial charge in [-0.2, -0.15) is 0 Å². The van der Waals surface area contributed by atoms with Gasteiger partial charge in [0.1, 0.15) is 11.4 Å². The van der Waals surface area contributed by atoms with Gasteiger partial charge in [-0.05, 0) is 42.8 Å². The predicted octanol–water partition coefficient (Wildman–Crippen LogP) is 3.76. The number of benzene rings is 1. The van der Waals surface area contributed by atoms with E-state index in [2.05, 4.69) is 15.2 Å². The topological polar surface area (TPSA) is 88.5 Å². The molecule has 1 aromatic carbocycles. The monoisotopic (exact) mass is 310 g/mol. The maximum Gasteiger partial charge on any atom is 0.358 e. The predicted molar refractivity (Wildman–Crippen MR) is 84.1 cm³/mol. The molecule has 7 heteroatoms. The average Bonchev–Trinajstić information content (AvgIpc) is 2.94. The Balaban J connectivity index is 2.07. The van der Waals surface area contributed by atoms with Crippen LogP contribution in [0.3, 0.4) is 0 Å². The standard InChI is InChI=1S/C16H14N4O3/c1-10-4-3-9-20-14(10)17-13(16(21)22)15(20)19-18-11-5-7-12(23-2)8-6-11/h3-9H,1-2H3,(H,21,22). The van der Waals surface area contributed by atoms with E-state index in [4.69, 9.17) is 4.74 Å². The van der Waals surface area contributed by atoms with Crippen LogP contribution in [0.1, 0.15) is 16.1 Å². The summed E-state index contributed by atoms with van der Waals surface area (Å²) in [6.07, 6.45) is 1.71. The van der Waals surface area contributed by atoms with Gasteiger partial charge in [-0.3, -0.25) is 4.40 Å². The summed E-state index contributed by atoms with van der Waals surface area (Å²) < 4.78 is 6.69. The zero-order valence-electron chi connectivity index (χ0n) is 12.6. The molecule has 116 valence electrons. The van der Waals surface area contributed by atoms with Crippen LogP contribution in [0, 0.1) is 6.92 Å². The number of hydrogen-bond acceptors (Lipinski definition) is 5. The van der Waals surface area contributed by atoms with Crippen molar-refractivity contribution in [3.63, 3.8) is 0 Å². The number of hydrogen-bond donors (Lipinski definition) is 1. The van der Waals surface area contributed by atoms with Crippen molar-refractivity contribution in [3.8, 4) is 5.75 Å². The van der Waals surface area contributed by atoms with Gasteiger partial charge in [0.15, 0.2) is 11.5 Å². The first-order valence-corrected chi connectivity index (χ1v) is 6.87. The first-order valence-electron chi connectivity index (χ1n) is 6.87. The van der Waals surface area contributed by atoms with Crippen molar-refractivity contribution in [3.05, 3.63) is 53.9 Å². The van der Waals surface area contributed by atoms with E-state index >= 15 is 0 Å². The Bertz CT molecular complexity index is 898. The van der Waals surface area contributed by atoms with Gasteiger partial charge in [0, 0.05) is 6.20 Å². The third-order valence-electron chi connectivity index (χ3n) is 3.36. The minimum Gasteiger partial charge on any atom is -0.497 e. The van der Waals surface area contributed by atoms with E-state index in [0.717, 1.165) is 5.56 Å². The molecule has 0 bridgehead atoms. The van der Waals surface area contributed by atoms with Crippen LogP contribution < -0.4 is 4.74 Å². The lowest BCUT2D eigenvalue weighted by molar-refractivity contribution is 0.0692. The van der Waals surface area contributed by atoms with Gasteiger partial charge in [-0.1, -0.05) is 6.07 Å². The van der Waals surface area contributed by atoms with Crippen molar-refractivity contribution in [2.75, 3.05) is 7.11 Å². The molecule has 0 spiro atoms. The van der Waals surface area contributed by atoms with Crippen LogP contribution in [0.4, 0.5) is 11.5 Å². The summed E-state index contributed by atoms with van der Waals surface area (Å²) in [5, 5.41) is 17.5. The van der Waals surface area contributed by atoms with Crippen LogP contribution in [0.25, 0.3) is 5.65 Å². The number of carboxylic acid groups (broad SMARTS) is 1. The molecule has 2 heterocycles. The van der Waals surface area contributed by atoms with E-state index in [9.17, 15) is 9.90 Å². The van der Waals surface area contributed by atoms with Crippen molar-refractivity contribution in [1.29, 1.82) is 0 Å². The lowest BCUT2D eigenvalue weighted by Crippen LogP contribution is -1.96. The summed E-state index contributed by atoms with van der Waals surface area (Å²) in [6, 6.07) is 10.6. The molecule has 0 aliphatic carbocycles. The van der Waals surface area contributed by atoms with Crippen molar-refractivity contribution in [2.45, 2.75) is 6.92 Å². The van der Waals surface area contributed by atoms with Gasteiger partial charge in [-0.15, -0.1) is 10.2 Å². The normalized spacial score (nSPS) is 11.2. The Morgan fingerprint density at radius 2 is 1.96 bits per heavy atom. The summed E-state index contributed by atoms with van der Waals surface area (Å²) >= 11 is 0. The molecule has 0 saturated heterocycles. The summed E-state index contributed by atoms with van der Waals surface area (Å²) in [5.41, 5.74) is 1.87. The second kappa shape index (κ2) is 5.88. The minimum absolute atomic E-state index is 0.128. The maximum atomic E-state index is 11.4. The highest BCUT2D eigenvalue weighted by atomic mass is 16.5. The zero-order valence-corrected chi connectivity index (χ0v) is 12.6. The fraction of sp³-hybridized carbons (Fsp3) is 0.125. The van der Waals surface area contributed by atoms with Crippen molar-refractivity contribution < 1.29 is 14.6 Å². The first kappa shape index (κ1) is 14.7. The number of carbonyl (C=O) groups is 1. The second-order valence-corrected chi connectivity index (χ2v) is 4.87. The third kappa shape index (κ3) is 2.76. The molecular weight excluding hydrogens is 296 g/mol. The van der Waals surface area contributed by atoms with Gasteiger partial charge in [0.05, 0.1) is 12.8 Å². The number of aromatic nitrogens is 2. The van der Waals surface area contributed by atoms with Crippen LogP contribution in [0.5, 0.6) is 5.75 Å². The number of ether oxygens (including phenoxy) is 1. The van der Waals surface area contributed by atoms with Gasteiger partial charge in [0.25, 0.3) is 0 Å². The molecule has 0 atom stereocenters. The number of carboxylic acids is 1. The van der Waals surface area contributed by atoms with Crippen LogP contribution in [0.15, 0.2) is 52.8 Å². The molecule has 0 saturated carbocycles. The molecule has 0 unspecified atom stereocenters.